The summed E-state index contributed by atoms with van der Waals surface area (Å²) in [6.45, 7) is 4.60. The topological polar surface area (TPSA) is 32.3 Å². The highest BCUT2D eigenvalue weighted by molar-refractivity contribution is 7.00. The van der Waals surface area contributed by atoms with Gasteiger partial charge in [-0.3, -0.25) is 0 Å². The molecule has 0 spiro atoms. The molecule has 1 aromatic heterocycles. The van der Waals surface area contributed by atoms with Crippen molar-refractivity contribution in [3.63, 3.8) is 0 Å². The Balaban J connectivity index is 1.24. The lowest BCUT2D eigenvalue weighted by Gasteiger charge is -2.44. The van der Waals surface area contributed by atoms with Gasteiger partial charge in [0.05, 0.1) is 5.69 Å². The van der Waals surface area contributed by atoms with Gasteiger partial charge in [0, 0.05) is 45.9 Å². The largest absolute Gasteiger partial charge is 0.311 e. The van der Waals surface area contributed by atoms with Gasteiger partial charge in [-0.2, -0.15) is 0 Å². The smallest absolute Gasteiger partial charge is 0.252 e. The number of fused-ring (bicyclic) bond motifs is 4. The number of hydrogen-bond acceptors (Lipinski definition) is 4. The van der Waals surface area contributed by atoms with Crippen LogP contribution in [-0.4, -0.2) is 16.7 Å². The SMILES string of the molecule is CCCCc1ccc2c(c1)N(c1ccc(-c3ccccc3)cc1)c1cc(-c3ccncn3)cc3c1B2c1ccc(CCCC)cc1N3c1ccc(-c2ccccc2)cc1. The fraction of sp³-hybridized carbons (Fsp3) is 0.148. The number of rotatable bonds is 11. The van der Waals surface area contributed by atoms with Crippen molar-refractivity contribution in [3.8, 4) is 33.5 Å². The van der Waals surface area contributed by atoms with Crippen LogP contribution in [0.25, 0.3) is 33.5 Å². The number of aromatic nitrogens is 2. The highest BCUT2D eigenvalue weighted by atomic mass is 15.2. The first kappa shape index (κ1) is 36.6. The zero-order valence-corrected chi connectivity index (χ0v) is 33.9. The van der Waals surface area contributed by atoms with E-state index in [0.717, 1.165) is 61.2 Å². The van der Waals surface area contributed by atoms with E-state index in [0.29, 0.717) is 0 Å². The summed E-state index contributed by atoms with van der Waals surface area (Å²) in [5.74, 6) is 0. The lowest BCUT2D eigenvalue weighted by atomic mass is 9.33. The molecule has 0 saturated carbocycles. The Morgan fingerprint density at radius 3 is 1.37 bits per heavy atom. The van der Waals surface area contributed by atoms with Crippen LogP contribution in [0, 0.1) is 0 Å². The summed E-state index contributed by atoms with van der Waals surface area (Å²) in [5.41, 5.74) is 20.7. The second kappa shape index (κ2) is 15.9. The van der Waals surface area contributed by atoms with Crippen molar-refractivity contribution in [3.05, 3.63) is 187 Å². The average Bonchev–Trinajstić information content (AvgIpc) is 3.31. The molecule has 4 nitrogen and oxygen atoms in total. The second-order valence-corrected chi connectivity index (χ2v) is 15.9. The molecule has 0 unspecified atom stereocenters. The van der Waals surface area contributed by atoms with Crippen LogP contribution in [0.5, 0.6) is 0 Å². The maximum Gasteiger partial charge on any atom is 0.252 e. The third kappa shape index (κ3) is 6.81. The fourth-order valence-electron chi connectivity index (χ4n) is 9.19. The van der Waals surface area contributed by atoms with Gasteiger partial charge in [-0.15, -0.1) is 0 Å². The summed E-state index contributed by atoms with van der Waals surface area (Å²) in [6.07, 6.45) is 10.3. The molecule has 0 bridgehead atoms. The minimum Gasteiger partial charge on any atom is -0.311 e. The van der Waals surface area contributed by atoms with Crippen LogP contribution < -0.4 is 26.2 Å². The molecule has 2 aliphatic heterocycles. The molecular formula is C54H47BN4. The van der Waals surface area contributed by atoms with E-state index in [-0.39, 0.29) is 6.71 Å². The van der Waals surface area contributed by atoms with Crippen LogP contribution in [0.1, 0.15) is 50.7 Å². The number of anilines is 6. The molecule has 2 aliphatic rings. The first-order valence-corrected chi connectivity index (χ1v) is 21.3. The number of nitrogens with zero attached hydrogens (tertiary/aromatic N) is 4. The van der Waals surface area contributed by atoms with Gasteiger partial charge in [0.2, 0.25) is 0 Å². The third-order valence-electron chi connectivity index (χ3n) is 12.2. The molecule has 7 aromatic carbocycles. The lowest BCUT2D eigenvalue weighted by Crippen LogP contribution is -2.61. The van der Waals surface area contributed by atoms with Gasteiger partial charge in [0.25, 0.3) is 6.71 Å². The zero-order chi connectivity index (χ0) is 39.7. The Hall–Kier alpha value is -6.72. The van der Waals surface area contributed by atoms with Gasteiger partial charge in [0.15, 0.2) is 0 Å². The normalized spacial score (nSPS) is 12.5. The van der Waals surface area contributed by atoms with E-state index in [1.54, 1.807) is 6.33 Å². The predicted octanol–water partition coefficient (Wildman–Crippen LogP) is 12.2. The quantitative estimate of drug-likeness (QED) is 0.123. The zero-order valence-electron chi connectivity index (χ0n) is 33.9. The average molecular weight is 763 g/mol. The molecule has 286 valence electrons. The van der Waals surface area contributed by atoms with Gasteiger partial charge in [-0.1, -0.05) is 136 Å². The van der Waals surface area contributed by atoms with Crippen LogP contribution in [0.2, 0.25) is 0 Å². The lowest BCUT2D eigenvalue weighted by molar-refractivity contribution is 0.795. The van der Waals surface area contributed by atoms with Crippen LogP contribution in [-0.2, 0) is 12.8 Å². The molecule has 10 rings (SSSR count). The summed E-state index contributed by atoms with van der Waals surface area (Å²) >= 11 is 0. The van der Waals surface area contributed by atoms with E-state index in [9.17, 15) is 0 Å². The molecule has 0 radical (unpaired) electrons. The van der Waals surface area contributed by atoms with Gasteiger partial charge in [-0.25, -0.2) is 9.97 Å². The fourth-order valence-corrected chi connectivity index (χ4v) is 9.19. The predicted molar refractivity (Wildman–Crippen MR) is 250 cm³/mol. The summed E-state index contributed by atoms with van der Waals surface area (Å²) < 4.78 is 0. The Morgan fingerprint density at radius 1 is 0.458 bits per heavy atom. The highest BCUT2D eigenvalue weighted by Gasteiger charge is 2.43. The summed E-state index contributed by atoms with van der Waals surface area (Å²) in [4.78, 5) is 14.2. The van der Waals surface area contributed by atoms with Crippen LogP contribution >= 0.6 is 0 Å². The van der Waals surface area contributed by atoms with Crippen molar-refractivity contribution in [2.24, 2.45) is 0 Å². The van der Waals surface area contributed by atoms with Gasteiger partial charge in [0.1, 0.15) is 6.33 Å². The van der Waals surface area contributed by atoms with Crippen molar-refractivity contribution < 1.29 is 0 Å². The molecule has 0 N–H and O–H groups in total. The maximum absolute atomic E-state index is 4.83. The van der Waals surface area contributed by atoms with Crippen molar-refractivity contribution in [2.45, 2.75) is 52.4 Å². The molecule has 59 heavy (non-hydrogen) atoms. The monoisotopic (exact) mass is 762 g/mol. The molecule has 0 saturated heterocycles. The van der Waals surface area contributed by atoms with Gasteiger partial charge in [-0.05, 0) is 130 Å². The molecule has 3 heterocycles. The maximum atomic E-state index is 4.83. The Morgan fingerprint density at radius 2 is 0.932 bits per heavy atom. The molecule has 8 aromatic rings. The highest BCUT2D eigenvalue weighted by Crippen LogP contribution is 2.46. The summed E-state index contributed by atoms with van der Waals surface area (Å²) in [7, 11) is 0. The van der Waals surface area contributed by atoms with E-state index >= 15 is 0 Å². The molecular weight excluding hydrogens is 715 g/mol. The Labute approximate surface area is 349 Å². The molecule has 0 atom stereocenters. The van der Waals surface area contributed by atoms with E-state index in [1.807, 2.05) is 12.3 Å². The van der Waals surface area contributed by atoms with Crippen molar-refractivity contribution in [2.75, 3.05) is 9.80 Å². The Bertz CT molecular complexity index is 2570. The van der Waals surface area contributed by atoms with E-state index in [2.05, 4.69) is 186 Å². The minimum atomic E-state index is 0.0459. The van der Waals surface area contributed by atoms with Crippen LogP contribution in [0.4, 0.5) is 34.1 Å². The van der Waals surface area contributed by atoms with Gasteiger partial charge < -0.3 is 9.80 Å². The van der Waals surface area contributed by atoms with Crippen molar-refractivity contribution in [1.29, 1.82) is 0 Å². The van der Waals surface area contributed by atoms with E-state index < -0.39 is 0 Å². The third-order valence-corrected chi connectivity index (χ3v) is 12.2. The molecule has 5 heteroatoms. The second-order valence-electron chi connectivity index (χ2n) is 15.9. The van der Waals surface area contributed by atoms with Crippen molar-refractivity contribution >= 4 is 57.2 Å². The first-order chi connectivity index (χ1) is 29.2. The van der Waals surface area contributed by atoms with Gasteiger partial charge >= 0.3 is 0 Å². The minimum absolute atomic E-state index is 0.0459. The number of hydrogen-bond donors (Lipinski definition) is 0. The molecule has 0 aliphatic carbocycles. The van der Waals surface area contributed by atoms with Crippen LogP contribution in [0.15, 0.2) is 176 Å². The number of aryl methyl sites for hydroxylation is 2. The first-order valence-electron chi connectivity index (χ1n) is 21.3. The number of unbranched alkanes of at least 4 members (excludes halogenated alkanes) is 2. The molecule has 0 fully saturated rings. The van der Waals surface area contributed by atoms with Crippen LogP contribution in [0.3, 0.4) is 0 Å². The summed E-state index contributed by atoms with van der Waals surface area (Å²) in [5, 5.41) is 0. The standard InChI is InChI=1S/C54H47BN4/c1-3-5-13-38-19-29-47-50(33-38)58(45-25-21-42(22-26-45)40-15-9-7-10-16-40)52-35-44(49-31-32-56-37-57-49)36-53-54(52)55(47)48-30-20-39(14-6-4-2)34-51(48)59(53)46-27-23-43(24-28-46)41-17-11-8-12-18-41/h7-12,15-37H,3-6,13-14H2,1-2H3. The number of benzene rings is 7. The van der Waals surface area contributed by atoms with E-state index in [1.165, 1.54) is 72.5 Å². The van der Waals surface area contributed by atoms with E-state index in [4.69, 9.17) is 4.98 Å². The molecule has 0 amide bonds. The summed E-state index contributed by atoms with van der Waals surface area (Å²) in [6, 6.07) is 60.9. The van der Waals surface area contributed by atoms with Crippen molar-refractivity contribution in [1.82, 2.24) is 9.97 Å². The Kier molecular flexibility index (Phi) is 9.87.